The fourth-order valence-electron chi connectivity index (χ4n) is 1.59. The molecule has 0 bridgehead atoms. The average Bonchev–Trinajstić information content (AvgIpc) is 2.42. The van der Waals surface area contributed by atoms with E-state index in [2.05, 4.69) is 6.92 Å². The van der Waals surface area contributed by atoms with Crippen LogP contribution in [-0.4, -0.2) is 20.0 Å². The number of benzene rings is 1. The lowest BCUT2D eigenvalue weighted by atomic mass is 10.2. The van der Waals surface area contributed by atoms with E-state index in [1.807, 2.05) is 18.2 Å². The average molecular weight is 248 g/mol. The standard InChI is InChI=1S/C15H20O3/c1-3-4-5-11-18-14-9-8-13(7-6-10-16)12-15(14)17-2/h6-10,12H,3-5,11H2,1-2H3/b7-6+. The SMILES string of the molecule is CCCCCOc1ccc(/C=C/C=O)cc1OC. The molecule has 3 nitrogen and oxygen atoms in total. The van der Waals surface area contributed by atoms with Crippen LogP contribution in [0.1, 0.15) is 31.7 Å². The van der Waals surface area contributed by atoms with Gasteiger partial charge in [-0.25, -0.2) is 0 Å². The van der Waals surface area contributed by atoms with Crippen molar-refractivity contribution >= 4 is 12.4 Å². The Bertz CT molecular complexity index is 397. The second-order valence-corrected chi connectivity index (χ2v) is 3.96. The molecule has 1 rings (SSSR count). The lowest BCUT2D eigenvalue weighted by Gasteiger charge is -2.11. The zero-order valence-electron chi connectivity index (χ0n) is 11.0. The van der Waals surface area contributed by atoms with Gasteiger partial charge in [0.15, 0.2) is 11.5 Å². The van der Waals surface area contributed by atoms with Crippen molar-refractivity contribution in [2.75, 3.05) is 13.7 Å². The number of hydrogen-bond donors (Lipinski definition) is 0. The Hall–Kier alpha value is -1.77. The summed E-state index contributed by atoms with van der Waals surface area (Å²) >= 11 is 0. The fourth-order valence-corrected chi connectivity index (χ4v) is 1.59. The molecule has 0 atom stereocenters. The molecule has 0 saturated carbocycles. The van der Waals surface area contributed by atoms with Gasteiger partial charge in [0, 0.05) is 0 Å². The minimum Gasteiger partial charge on any atom is -0.493 e. The molecular weight excluding hydrogens is 228 g/mol. The zero-order valence-corrected chi connectivity index (χ0v) is 11.0. The molecule has 0 radical (unpaired) electrons. The highest BCUT2D eigenvalue weighted by atomic mass is 16.5. The van der Waals surface area contributed by atoms with Gasteiger partial charge in [0.1, 0.15) is 6.29 Å². The molecule has 18 heavy (non-hydrogen) atoms. The highest BCUT2D eigenvalue weighted by Gasteiger charge is 2.04. The highest BCUT2D eigenvalue weighted by molar-refractivity contribution is 5.74. The molecule has 0 unspecified atom stereocenters. The Morgan fingerprint density at radius 3 is 2.72 bits per heavy atom. The topological polar surface area (TPSA) is 35.5 Å². The van der Waals surface area contributed by atoms with Gasteiger partial charge in [0.2, 0.25) is 0 Å². The first-order valence-corrected chi connectivity index (χ1v) is 6.24. The number of carbonyl (C=O) groups excluding carboxylic acids is 1. The lowest BCUT2D eigenvalue weighted by molar-refractivity contribution is -0.104. The Kier molecular flexibility index (Phi) is 6.62. The summed E-state index contributed by atoms with van der Waals surface area (Å²) in [6.45, 7) is 2.86. The predicted octanol–water partition coefficient (Wildman–Crippen LogP) is 3.48. The van der Waals surface area contributed by atoms with Gasteiger partial charge in [0.25, 0.3) is 0 Å². The van der Waals surface area contributed by atoms with E-state index >= 15 is 0 Å². The van der Waals surface area contributed by atoms with Gasteiger partial charge in [0.05, 0.1) is 13.7 Å². The van der Waals surface area contributed by atoms with Gasteiger partial charge in [-0.05, 0) is 30.2 Å². The van der Waals surface area contributed by atoms with Crippen LogP contribution in [0.4, 0.5) is 0 Å². The van der Waals surface area contributed by atoms with E-state index in [0.717, 1.165) is 24.0 Å². The van der Waals surface area contributed by atoms with Crippen LogP contribution in [-0.2, 0) is 4.79 Å². The number of unbranched alkanes of at least 4 members (excludes halogenated alkanes) is 2. The van der Waals surface area contributed by atoms with Crippen molar-refractivity contribution in [3.05, 3.63) is 29.8 Å². The molecule has 0 aromatic heterocycles. The molecule has 0 saturated heterocycles. The summed E-state index contributed by atoms with van der Waals surface area (Å²) in [6, 6.07) is 5.63. The molecule has 0 N–H and O–H groups in total. The Morgan fingerprint density at radius 1 is 1.22 bits per heavy atom. The number of methoxy groups -OCH3 is 1. The quantitative estimate of drug-likeness (QED) is 0.401. The third-order valence-electron chi connectivity index (χ3n) is 2.56. The van der Waals surface area contributed by atoms with Crippen LogP contribution in [0, 0.1) is 0 Å². The molecule has 0 fully saturated rings. The van der Waals surface area contributed by atoms with Crippen molar-refractivity contribution in [2.45, 2.75) is 26.2 Å². The second-order valence-electron chi connectivity index (χ2n) is 3.96. The van der Waals surface area contributed by atoms with E-state index in [-0.39, 0.29) is 0 Å². The molecule has 0 aliphatic rings. The van der Waals surface area contributed by atoms with Crippen LogP contribution in [0.25, 0.3) is 6.08 Å². The minimum absolute atomic E-state index is 0.694. The number of hydrogen-bond acceptors (Lipinski definition) is 3. The molecule has 0 aliphatic carbocycles. The Labute approximate surface area is 108 Å². The van der Waals surface area contributed by atoms with Gasteiger partial charge in [-0.15, -0.1) is 0 Å². The summed E-state index contributed by atoms with van der Waals surface area (Å²) < 4.78 is 10.9. The van der Waals surface area contributed by atoms with Crippen LogP contribution in [0.15, 0.2) is 24.3 Å². The van der Waals surface area contributed by atoms with Crippen molar-refractivity contribution in [2.24, 2.45) is 0 Å². The predicted molar refractivity (Wildman–Crippen MR) is 73.1 cm³/mol. The van der Waals surface area contributed by atoms with Crippen LogP contribution in [0.5, 0.6) is 11.5 Å². The zero-order chi connectivity index (χ0) is 13.2. The van der Waals surface area contributed by atoms with Crippen molar-refractivity contribution in [1.29, 1.82) is 0 Å². The fraction of sp³-hybridized carbons (Fsp3) is 0.400. The van der Waals surface area contributed by atoms with Crippen molar-refractivity contribution in [3.8, 4) is 11.5 Å². The van der Waals surface area contributed by atoms with Crippen LogP contribution >= 0.6 is 0 Å². The first-order chi connectivity index (χ1) is 8.81. The van der Waals surface area contributed by atoms with Crippen LogP contribution in [0.3, 0.4) is 0 Å². The molecule has 1 aromatic rings. The smallest absolute Gasteiger partial charge is 0.161 e. The lowest BCUT2D eigenvalue weighted by Crippen LogP contribution is -1.99. The van der Waals surface area contributed by atoms with Crippen LogP contribution in [0.2, 0.25) is 0 Å². The summed E-state index contributed by atoms with van der Waals surface area (Å²) in [5, 5.41) is 0. The normalized spacial score (nSPS) is 10.6. The number of allylic oxidation sites excluding steroid dienone is 1. The number of rotatable bonds is 8. The minimum atomic E-state index is 0.694. The molecule has 0 spiro atoms. The Balaban J connectivity index is 2.67. The summed E-state index contributed by atoms with van der Waals surface area (Å²) in [4.78, 5) is 10.3. The monoisotopic (exact) mass is 248 g/mol. The summed E-state index contributed by atoms with van der Waals surface area (Å²) in [5.74, 6) is 1.44. The van der Waals surface area contributed by atoms with Crippen molar-refractivity contribution < 1.29 is 14.3 Å². The number of aldehydes is 1. The third-order valence-corrected chi connectivity index (χ3v) is 2.56. The number of ether oxygens (including phenoxy) is 2. The molecule has 98 valence electrons. The molecule has 3 heteroatoms. The highest BCUT2D eigenvalue weighted by Crippen LogP contribution is 2.28. The summed E-state index contributed by atoms with van der Waals surface area (Å²) in [7, 11) is 1.61. The van der Waals surface area contributed by atoms with Gasteiger partial charge >= 0.3 is 0 Å². The van der Waals surface area contributed by atoms with E-state index in [9.17, 15) is 4.79 Å². The maximum absolute atomic E-state index is 10.3. The second kappa shape index (κ2) is 8.34. The Morgan fingerprint density at radius 2 is 2.06 bits per heavy atom. The van der Waals surface area contributed by atoms with Gasteiger partial charge in [-0.2, -0.15) is 0 Å². The maximum atomic E-state index is 10.3. The molecule has 0 amide bonds. The van der Waals surface area contributed by atoms with E-state index in [4.69, 9.17) is 9.47 Å². The maximum Gasteiger partial charge on any atom is 0.161 e. The van der Waals surface area contributed by atoms with Crippen molar-refractivity contribution in [3.63, 3.8) is 0 Å². The van der Waals surface area contributed by atoms with E-state index in [1.54, 1.807) is 13.2 Å². The largest absolute Gasteiger partial charge is 0.493 e. The van der Waals surface area contributed by atoms with E-state index in [1.165, 1.54) is 18.9 Å². The first kappa shape index (κ1) is 14.3. The number of carbonyl (C=O) groups is 1. The molecule has 0 heterocycles. The van der Waals surface area contributed by atoms with Gasteiger partial charge in [-0.3, -0.25) is 4.79 Å². The molecule has 1 aromatic carbocycles. The van der Waals surface area contributed by atoms with Crippen molar-refractivity contribution in [1.82, 2.24) is 0 Å². The van der Waals surface area contributed by atoms with Gasteiger partial charge < -0.3 is 9.47 Å². The molecular formula is C15H20O3. The summed E-state index contributed by atoms with van der Waals surface area (Å²) in [5.41, 5.74) is 0.917. The molecule has 0 aliphatic heterocycles. The van der Waals surface area contributed by atoms with E-state index in [0.29, 0.717) is 12.4 Å². The first-order valence-electron chi connectivity index (χ1n) is 6.24. The van der Waals surface area contributed by atoms with Gasteiger partial charge in [-0.1, -0.05) is 31.9 Å². The van der Waals surface area contributed by atoms with Crippen LogP contribution < -0.4 is 9.47 Å². The third kappa shape index (κ3) is 4.62. The summed E-state index contributed by atoms with van der Waals surface area (Å²) in [6.07, 6.45) is 7.33. The van der Waals surface area contributed by atoms with E-state index < -0.39 is 0 Å².